The van der Waals surface area contributed by atoms with Crippen LogP contribution in [0.3, 0.4) is 0 Å². The van der Waals surface area contributed by atoms with Gasteiger partial charge in [-0.25, -0.2) is 9.59 Å². The van der Waals surface area contributed by atoms with E-state index < -0.39 is 11.9 Å². The van der Waals surface area contributed by atoms with Crippen molar-refractivity contribution in [3.05, 3.63) is 41.0 Å². The molecule has 0 atom stereocenters. The van der Waals surface area contributed by atoms with E-state index in [4.69, 9.17) is 4.74 Å². The van der Waals surface area contributed by atoms with Crippen LogP contribution in [0.1, 0.15) is 89.2 Å². The number of carboxylic acid groups (broad SMARTS) is 1. The Bertz CT molecular complexity index is 722. The number of esters is 1. The van der Waals surface area contributed by atoms with Crippen molar-refractivity contribution in [2.75, 3.05) is 6.61 Å². The second-order valence-electron chi connectivity index (χ2n) is 7.05. The van der Waals surface area contributed by atoms with E-state index in [1.54, 1.807) is 19.1 Å². The molecule has 0 aromatic heterocycles. The van der Waals surface area contributed by atoms with Crippen LogP contribution in [0.2, 0.25) is 0 Å². The van der Waals surface area contributed by atoms with Crippen LogP contribution in [0.5, 0.6) is 0 Å². The maximum absolute atomic E-state index is 11.9. The number of benzene rings is 1. The second-order valence-corrected chi connectivity index (χ2v) is 7.05. The van der Waals surface area contributed by atoms with E-state index in [2.05, 4.69) is 18.8 Å². The summed E-state index contributed by atoms with van der Waals surface area (Å²) in [6.45, 7) is 4.01. The van der Waals surface area contributed by atoms with Crippen molar-refractivity contribution in [3.63, 3.8) is 0 Å². The zero-order valence-electron chi connectivity index (χ0n) is 17.8. The lowest BCUT2D eigenvalue weighted by Crippen LogP contribution is -2.15. The fourth-order valence-corrected chi connectivity index (χ4v) is 2.99. The molecular weight excluding hydrogens is 364 g/mol. The minimum Gasteiger partial charge on any atom is -0.477 e. The van der Waals surface area contributed by atoms with Crippen LogP contribution in [-0.4, -0.2) is 23.7 Å². The highest BCUT2D eigenvalue weighted by atomic mass is 16.5. The van der Waals surface area contributed by atoms with Gasteiger partial charge >= 0.3 is 11.9 Å². The van der Waals surface area contributed by atoms with E-state index in [0.29, 0.717) is 11.1 Å². The van der Waals surface area contributed by atoms with Gasteiger partial charge in [-0.1, -0.05) is 88.3 Å². The summed E-state index contributed by atoms with van der Waals surface area (Å²) in [5.41, 5.74) is 0.934. The van der Waals surface area contributed by atoms with Gasteiger partial charge in [0.2, 0.25) is 0 Å². The highest BCUT2D eigenvalue weighted by Crippen LogP contribution is 2.14. The molecule has 0 spiro atoms. The number of hydrogen-bond donors (Lipinski definition) is 1. The average Bonchev–Trinajstić information content (AvgIpc) is 2.71. The normalized spacial score (nSPS) is 10.9. The Hall–Kier alpha value is -2.54. The zero-order valence-corrected chi connectivity index (χ0v) is 17.8. The fraction of sp³-hybridized carbons (Fsp3) is 0.520. The van der Waals surface area contributed by atoms with Crippen LogP contribution < -0.4 is 0 Å². The number of hydrogen-bond acceptors (Lipinski definition) is 3. The van der Waals surface area contributed by atoms with Gasteiger partial charge in [-0.2, -0.15) is 0 Å². The summed E-state index contributed by atoms with van der Waals surface area (Å²) in [5, 5.41) is 9.29. The number of carbonyl (C=O) groups is 2. The Balaban J connectivity index is 2.55. The van der Waals surface area contributed by atoms with Crippen molar-refractivity contribution in [2.24, 2.45) is 0 Å². The largest absolute Gasteiger partial charge is 0.477 e. The maximum atomic E-state index is 11.9. The average molecular weight is 399 g/mol. The van der Waals surface area contributed by atoms with E-state index in [0.717, 1.165) is 12.8 Å². The Morgan fingerprint density at radius 3 is 2.21 bits per heavy atom. The SMILES string of the molecule is CCCCCCCCCCCC#Cc1ccccc1/C=C(\C(=O)O)C(=O)OCC. The first-order chi connectivity index (χ1) is 14.1. The van der Waals surface area contributed by atoms with Crippen LogP contribution in [0.4, 0.5) is 0 Å². The Morgan fingerprint density at radius 1 is 0.966 bits per heavy atom. The van der Waals surface area contributed by atoms with Crippen LogP contribution in [0.15, 0.2) is 29.8 Å². The van der Waals surface area contributed by atoms with Crippen LogP contribution in [0.25, 0.3) is 6.08 Å². The minimum atomic E-state index is -1.30. The van der Waals surface area contributed by atoms with E-state index in [-0.39, 0.29) is 12.2 Å². The monoisotopic (exact) mass is 398 g/mol. The van der Waals surface area contributed by atoms with Gasteiger partial charge < -0.3 is 9.84 Å². The standard InChI is InChI=1S/C25H34O4/c1-3-5-6-7-8-9-10-11-12-13-14-17-21-18-15-16-19-22(21)20-23(24(26)27)25(28)29-4-2/h15-16,18-20H,3-13H2,1-2H3,(H,26,27)/b23-20+. The molecule has 0 heterocycles. The molecule has 0 aliphatic carbocycles. The molecule has 1 N–H and O–H groups in total. The van der Waals surface area contributed by atoms with Crippen molar-refractivity contribution in [2.45, 2.75) is 78.1 Å². The maximum Gasteiger partial charge on any atom is 0.345 e. The zero-order chi connectivity index (χ0) is 21.3. The predicted molar refractivity (Wildman–Crippen MR) is 117 cm³/mol. The number of carbonyl (C=O) groups excluding carboxylic acids is 1. The lowest BCUT2D eigenvalue weighted by atomic mass is 10.0. The van der Waals surface area contributed by atoms with Gasteiger partial charge in [0.15, 0.2) is 0 Å². The molecule has 0 amide bonds. The number of unbranched alkanes of at least 4 members (excludes halogenated alkanes) is 9. The summed E-state index contributed by atoms with van der Waals surface area (Å²) in [4.78, 5) is 23.2. The molecule has 0 saturated heterocycles. The first kappa shape index (κ1) is 24.5. The third kappa shape index (κ3) is 10.5. The summed E-state index contributed by atoms with van der Waals surface area (Å²) >= 11 is 0. The first-order valence-corrected chi connectivity index (χ1v) is 10.8. The lowest BCUT2D eigenvalue weighted by Gasteiger charge is -2.04. The summed E-state index contributed by atoms with van der Waals surface area (Å²) < 4.78 is 4.83. The summed E-state index contributed by atoms with van der Waals surface area (Å²) in [6, 6.07) is 7.23. The number of carboxylic acids is 1. The van der Waals surface area contributed by atoms with E-state index >= 15 is 0 Å². The molecule has 1 rings (SSSR count). The number of aliphatic carboxylic acids is 1. The fourth-order valence-electron chi connectivity index (χ4n) is 2.99. The molecular formula is C25H34O4. The van der Waals surface area contributed by atoms with Gasteiger partial charge in [-0.15, -0.1) is 0 Å². The van der Waals surface area contributed by atoms with Crippen LogP contribution in [0, 0.1) is 11.8 Å². The summed E-state index contributed by atoms with van der Waals surface area (Å²) in [5.74, 6) is 4.15. The minimum absolute atomic E-state index is 0.129. The molecule has 29 heavy (non-hydrogen) atoms. The highest BCUT2D eigenvalue weighted by molar-refractivity contribution is 6.17. The van der Waals surface area contributed by atoms with Crippen LogP contribution >= 0.6 is 0 Å². The molecule has 0 saturated carbocycles. The molecule has 0 aliphatic heterocycles. The lowest BCUT2D eigenvalue weighted by molar-refractivity contribution is -0.143. The van der Waals surface area contributed by atoms with E-state index in [1.807, 2.05) is 12.1 Å². The second kappa shape index (κ2) is 15.4. The summed E-state index contributed by atoms with van der Waals surface area (Å²) in [6.07, 6.45) is 13.7. The molecule has 4 nitrogen and oxygen atoms in total. The molecule has 158 valence electrons. The third-order valence-corrected chi connectivity index (χ3v) is 4.61. The molecule has 4 heteroatoms. The Morgan fingerprint density at radius 2 is 1.59 bits per heavy atom. The van der Waals surface area contributed by atoms with Gasteiger partial charge in [-0.05, 0) is 31.1 Å². The number of ether oxygens (including phenoxy) is 1. The molecule has 1 aromatic carbocycles. The third-order valence-electron chi connectivity index (χ3n) is 4.61. The van der Waals surface area contributed by atoms with Crippen LogP contribution in [-0.2, 0) is 14.3 Å². The van der Waals surface area contributed by atoms with Crippen molar-refractivity contribution in [1.29, 1.82) is 0 Å². The van der Waals surface area contributed by atoms with Gasteiger partial charge in [0.25, 0.3) is 0 Å². The molecule has 0 unspecified atom stereocenters. The van der Waals surface area contributed by atoms with Crippen molar-refractivity contribution < 1.29 is 19.4 Å². The predicted octanol–water partition coefficient (Wildman–Crippen LogP) is 5.99. The van der Waals surface area contributed by atoms with E-state index in [9.17, 15) is 14.7 Å². The van der Waals surface area contributed by atoms with Crippen molar-refractivity contribution in [1.82, 2.24) is 0 Å². The molecule has 0 aliphatic rings. The van der Waals surface area contributed by atoms with E-state index in [1.165, 1.54) is 57.4 Å². The molecule has 1 aromatic rings. The van der Waals surface area contributed by atoms with Gasteiger partial charge in [0.05, 0.1) is 6.61 Å². The quantitative estimate of drug-likeness (QED) is 0.111. The Kier molecular flexibility index (Phi) is 13.0. The molecule has 0 radical (unpaired) electrons. The summed E-state index contributed by atoms with van der Waals surface area (Å²) in [7, 11) is 0. The first-order valence-electron chi connectivity index (χ1n) is 10.8. The Labute approximate surface area is 175 Å². The van der Waals surface area contributed by atoms with Crippen molar-refractivity contribution in [3.8, 4) is 11.8 Å². The van der Waals surface area contributed by atoms with Gasteiger partial charge in [0.1, 0.15) is 5.57 Å². The smallest absolute Gasteiger partial charge is 0.345 e. The highest BCUT2D eigenvalue weighted by Gasteiger charge is 2.19. The molecule has 0 bridgehead atoms. The van der Waals surface area contributed by atoms with Gasteiger partial charge in [-0.3, -0.25) is 0 Å². The van der Waals surface area contributed by atoms with Crippen molar-refractivity contribution >= 4 is 18.0 Å². The molecule has 0 fully saturated rings. The number of rotatable bonds is 13. The topological polar surface area (TPSA) is 63.6 Å². The van der Waals surface area contributed by atoms with Gasteiger partial charge in [0, 0.05) is 12.0 Å².